The number of nitro groups is 1. The van der Waals surface area contributed by atoms with E-state index in [4.69, 9.17) is 0 Å². The fourth-order valence-corrected chi connectivity index (χ4v) is 1.06. The average molecular weight is 235 g/mol. The van der Waals surface area contributed by atoms with Crippen LogP contribution in [0.2, 0.25) is 0 Å². The average Bonchev–Trinajstić information content (AvgIpc) is 2.35. The molecule has 0 radical (unpaired) electrons. The summed E-state index contributed by atoms with van der Waals surface area (Å²) >= 11 is 0. The van der Waals surface area contributed by atoms with Gasteiger partial charge in [0.15, 0.2) is 0 Å². The Hall–Kier alpha value is -2.37. The van der Waals surface area contributed by atoms with E-state index in [9.17, 15) is 14.9 Å². The molecule has 0 saturated carbocycles. The predicted molar refractivity (Wildman–Crippen MR) is 63.1 cm³/mol. The number of carbonyl (C=O) groups is 1. The smallest absolute Gasteiger partial charge is 0.270 e. The van der Waals surface area contributed by atoms with Crippen molar-refractivity contribution in [1.29, 1.82) is 0 Å². The monoisotopic (exact) mass is 235 g/mol. The number of hydrazine groups is 1. The van der Waals surface area contributed by atoms with Crippen molar-refractivity contribution in [3.05, 3.63) is 51.7 Å². The topological polar surface area (TPSA) is 84.3 Å². The Labute approximate surface area is 98.5 Å². The van der Waals surface area contributed by atoms with Crippen LogP contribution in [0, 0.1) is 10.1 Å². The summed E-state index contributed by atoms with van der Waals surface area (Å²) in [6, 6.07) is 5.54. The van der Waals surface area contributed by atoms with Gasteiger partial charge in [-0.1, -0.05) is 12.1 Å². The molecular weight excluding hydrogens is 222 g/mol. The maximum atomic E-state index is 11.6. The van der Waals surface area contributed by atoms with Gasteiger partial charge in [0.25, 0.3) is 11.6 Å². The van der Waals surface area contributed by atoms with Crippen LogP contribution in [-0.4, -0.2) is 10.8 Å². The maximum Gasteiger partial charge on any atom is 0.270 e. The summed E-state index contributed by atoms with van der Waals surface area (Å²) in [4.78, 5) is 21.6. The highest BCUT2D eigenvalue weighted by Crippen LogP contribution is 2.12. The number of nitrogens with zero attached hydrogens (tertiary/aromatic N) is 1. The van der Waals surface area contributed by atoms with Crippen molar-refractivity contribution in [2.45, 2.75) is 13.8 Å². The van der Waals surface area contributed by atoms with Gasteiger partial charge in [-0.15, -0.1) is 0 Å². The summed E-state index contributed by atoms with van der Waals surface area (Å²) < 4.78 is 0. The van der Waals surface area contributed by atoms with Gasteiger partial charge in [-0.05, 0) is 19.9 Å². The highest BCUT2D eigenvalue weighted by Gasteiger charge is 2.10. The third kappa shape index (κ3) is 3.60. The van der Waals surface area contributed by atoms with Crippen LogP contribution >= 0.6 is 0 Å². The van der Waals surface area contributed by atoms with E-state index in [-0.39, 0.29) is 11.3 Å². The SMILES string of the molecule is CC=C(C)NNC(=O)c1cccc([N+](=O)[O-])c1. The first kappa shape index (κ1) is 12.7. The molecule has 0 aromatic heterocycles. The van der Waals surface area contributed by atoms with Crippen molar-refractivity contribution in [2.24, 2.45) is 0 Å². The number of amides is 1. The van der Waals surface area contributed by atoms with Gasteiger partial charge in [-0.25, -0.2) is 0 Å². The Balaban J connectivity index is 2.75. The molecular formula is C11H13N3O3. The van der Waals surface area contributed by atoms with Crippen LogP contribution in [0.5, 0.6) is 0 Å². The number of nitrogens with one attached hydrogen (secondary N) is 2. The van der Waals surface area contributed by atoms with Crippen molar-refractivity contribution >= 4 is 11.6 Å². The third-order valence-electron chi connectivity index (χ3n) is 2.13. The number of allylic oxidation sites excluding steroid dienone is 2. The Kier molecular flexibility index (Phi) is 4.21. The lowest BCUT2D eigenvalue weighted by Crippen LogP contribution is -2.35. The van der Waals surface area contributed by atoms with E-state index < -0.39 is 10.8 Å². The van der Waals surface area contributed by atoms with Crippen LogP contribution in [0.4, 0.5) is 5.69 Å². The van der Waals surface area contributed by atoms with E-state index in [0.29, 0.717) is 0 Å². The summed E-state index contributed by atoms with van der Waals surface area (Å²) in [5.41, 5.74) is 6.01. The van der Waals surface area contributed by atoms with Gasteiger partial charge in [-0.2, -0.15) is 0 Å². The van der Waals surface area contributed by atoms with Gasteiger partial charge in [0, 0.05) is 23.4 Å². The molecule has 2 N–H and O–H groups in total. The van der Waals surface area contributed by atoms with Crippen LogP contribution < -0.4 is 10.9 Å². The van der Waals surface area contributed by atoms with E-state index in [1.165, 1.54) is 24.3 Å². The zero-order valence-electron chi connectivity index (χ0n) is 9.56. The molecule has 0 spiro atoms. The number of rotatable bonds is 4. The molecule has 0 bridgehead atoms. The van der Waals surface area contributed by atoms with E-state index >= 15 is 0 Å². The molecule has 1 rings (SSSR count). The normalized spacial score (nSPS) is 10.8. The second-order valence-electron chi connectivity index (χ2n) is 3.36. The number of hydrogen-bond donors (Lipinski definition) is 2. The Morgan fingerprint density at radius 1 is 1.41 bits per heavy atom. The molecule has 0 unspecified atom stereocenters. The molecule has 0 saturated heterocycles. The van der Waals surface area contributed by atoms with Crippen LogP contribution in [0.1, 0.15) is 24.2 Å². The standard InChI is InChI=1S/C11H13N3O3/c1-3-8(2)12-13-11(15)9-5-4-6-10(7-9)14(16)17/h3-7,12H,1-2H3,(H,13,15). The molecule has 0 fully saturated rings. The van der Waals surface area contributed by atoms with Crippen molar-refractivity contribution in [2.75, 3.05) is 0 Å². The lowest BCUT2D eigenvalue weighted by atomic mass is 10.2. The molecule has 6 heteroatoms. The summed E-state index contributed by atoms with van der Waals surface area (Å²) in [5, 5.41) is 10.5. The van der Waals surface area contributed by atoms with Crippen LogP contribution in [0.3, 0.4) is 0 Å². The Bertz CT molecular complexity index is 469. The summed E-state index contributed by atoms with van der Waals surface area (Å²) in [5.74, 6) is -0.421. The molecule has 0 heterocycles. The third-order valence-corrected chi connectivity index (χ3v) is 2.13. The van der Waals surface area contributed by atoms with Gasteiger partial charge in [-0.3, -0.25) is 20.3 Å². The van der Waals surface area contributed by atoms with Gasteiger partial charge in [0.05, 0.1) is 4.92 Å². The fourth-order valence-electron chi connectivity index (χ4n) is 1.06. The first-order chi connectivity index (χ1) is 8.04. The molecule has 0 aliphatic carbocycles. The Morgan fingerprint density at radius 2 is 2.12 bits per heavy atom. The fraction of sp³-hybridized carbons (Fsp3) is 0.182. The molecule has 1 amide bonds. The minimum absolute atomic E-state index is 0.111. The van der Waals surface area contributed by atoms with Crippen molar-refractivity contribution < 1.29 is 9.72 Å². The number of hydrogen-bond acceptors (Lipinski definition) is 4. The molecule has 1 aromatic carbocycles. The molecule has 90 valence electrons. The Morgan fingerprint density at radius 3 is 2.71 bits per heavy atom. The second kappa shape index (κ2) is 5.64. The molecule has 0 atom stereocenters. The lowest BCUT2D eigenvalue weighted by Gasteiger charge is -2.07. The second-order valence-corrected chi connectivity index (χ2v) is 3.36. The number of non-ortho nitro benzene ring substituents is 1. The van der Waals surface area contributed by atoms with Gasteiger partial charge in [0.2, 0.25) is 0 Å². The quantitative estimate of drug-likeness (QED) is 0.615. The first-order valence-electron chi connectivity index (χ1n) is 4.98. The zero-order chi connectivity index (χ0) is 12.8. The molecule has 1 aromatic rings. The van der Waals surface area contributed by atoms with Gasteiger partial charge < -0.3 is 5.43 Å². The van der Waals surface area contributed by atoms with E-state index in [2.05, 4.69) is 10.9 Å². The summed E-state index contributed by atoms with van der Waals surface area (Å²) in [7, 11) is 0. The maximum absolute atomic E-state index is 11.6. The summed E-state index contributed by atoms with van der Waals surface area (Å²) in [6.07, 6.45) is 1.79. The van der Waals surface area contributed by atoms with Crippen molar-refractivity contribution in [3.63, 3.8) is 0 Å². The van der Waals surface area contributed by atoms with E-state index in [0.717, 1.165) is 5.70 Å². The molecule has 0 aliphatic heterocycles. The zero-order valence-corrected chi connectivity index (χ0v) is 9.56. The largest absolute Gasteiger partial charge is 0.303 e. The number of nitro benzene ring substituents is 1. The molecule has 17 heavy (non-hydrogen) atoms. The van der Waals surface area contributed by atoms with E-state index in [1.807, 2.05) is 6.92 Å². The summed E-state index contributed by atoms with van der Waals surface area (Å²) in [6.45, 7) is 3.61. The highest BCUT2D eigenvalue weighted by molar-refractivity contribution is 5.94. The minimum atomic E-state index is -0.540. The number of benzene rings is 1. The lowest BCUT2D eigenvalue weighted by molar-refractivity contribution is -0.384. The first-order valence-corrected chi connectivity index (χ1v) is 4.98. The van der Waals surface area contributed by atoms with Gasteiger partial charge in [0.1, 0.15) is 0 Å². The minimum Gasteiger partial charge on any atom is -0.303 e. The van der Waals surface area contributed by atoms with Gasteiger partial charge >= 0.3 is 0 Å². The van der Waals surface area contributed by atoms with Crippen LogP contribution in [0.15, 0.2) is 36.0 Å². The molecule has 0 aliphatic rings. The van der Waals surface area contributed by atoms with Crippen molar-refractivity contribution in [1.82, 2.24) is 10.9 Å². The van der Waals surface area contributed by atoms with Crippen LogP contribution in [0.25, 0.3) is 0 Å². The molecule has 6 nitrogen and oxygen atoms in total. The van der Waals surface area contributed by atoms with Crippen LogP contribution in [-0.2, 0) is 0 Å². The van der Waals surface area contributed by atoms with Crippen molar-refractivity contribution in [3.8, 4) is 0 Å². The predicted octanol–water partition coefficient (Wildman–Crippen LogP) is 1.75. The van der Waals surface area contributed by atoms with E-state index in [1.54, 1.807) is 13.0 Å². The number of carbonyl (C=O) groups excluding carboxylic acids is 1. The highest BCUT2D eigenvalue weighted by atomic mass is 16.6.